The first-order valence-corrected chi connectivity index (χ1v) is 12.2. The number of Topliss-reactive ketones (excluding diaryl/α,β-unsaturated/α-hetero) is 1. The highest BCUT2D eigenvalue weighted by atomic mass is 32.1. The Morgan fingerprint density at radius 1 is 0.971 bits per heavy atom. The number of ether oxygens (including phenoxy) is 1. The van der Waals surface area contributed by atoms with Crippen LogP contribution in [0, 0.1) is 17.8 Å². The molecule has 0 amide bonds. The lowest BCUT2D eigenvalue weighted by atomic mass is 9.72. The number of aromatic nitrogens is 1. The Morgan fingerprint density at radius 2 is 1.53 bits per heavy atom. The number of thiazole rings is 1. The fourth-order valence-corrected chi connectivity index (χ4v) is 4.65. The molecule has 0 atom stereocenters. The van der Waals surface area contributed by atoms with E-state index in [1.54, 1.807) is 6.92 Å². The van der Waals surface area contributed by atoms with Gasteiger partial charge in [0, 0.05) is 22.5 Å². The monoisotopic (exact) mass is 479 g/mol. The third-order valence-corrected chi connectivity index (χ3v) is 6.58. The predicted molar refractivity (Wildman–Crippen MR) is 137 cm³/mol. The molecule has 0 saturated heterocycles. The van der Waals surface area contributed by atoms with Crippen molar-refractivity contribution in [3.05, 3.63) is 69.0 Å². The van der Waals surface area contributed by atoms with Crippen LogP contribution in [0.15, 0.2) is 63.8 Å². The lowest BCUT2D eigenvalue weighted by Gasteiger charge is -2.30. The third-order valence-electron chi connectivity index (χ3n) is 5.46. The number of rotatable bonds is 4. The first-order valence-electron chi connectivity index (χ1n) is 11.4. The summed E-state index contributed by atoms with van der Waals surface area (Å²) in [5.74, 6) is -0.327. The Hall–Kier alpha value is -3.06. The molecule has 0 radical (unpaired) electrons. The quantitative estimate of drug-likeness (QED) is 0.316. The molecule has 2 aromatic rings. The molecular weight excluding hydrogens is 446 g/mol. The fraction of sp³-hybridized carbons (Fsp3) is 0.407. The normalized spacial score (nSPS) is 15.2. The van der Waals surface area contributed by atoms with Crippen LogP contribution in [0.1, 0.15) is 63.8 Å². The first-order chi connectivity index (χ1) is 15.8. The second-order valence-electron chi connectivity index (χ2n) is 10.3. The molecule has 0 spiro atoms. The summed E-state index contributed by atoms with van der Waals surface area (Å²) in [5, 5.41) is 9.08. The minimum atomic E-state index is -0.378. The highest BCUT2D eigenvalue weighted by Crippen LogP contribution is 2.37. The highest BCUT2D eigenvalue weighted by molar-refractivity contribution is 7.11. The second-order valence-corrected chi connectivity index (χ2v) is 11.2. The van der Waals surface area contributed by atoms with Crippen molar-refractivity contribution < 1.29 is 14.3 Å². The van der Waals surface area contributed by atoms with E-state index in [4.69, 9.17) is 4.74 Å². The Balaban J connectivity index is 2.23. The smallest absolute Gasteiger partial charge is 0.350 e. The lowest BCUT2D eigenvalue weighted by molar-refractivity contribution is -0.114. The van der Waals surface area contributed by atoms with Gasteiger partial charge in [0.2, 0.25) is 4.80 Å². The van der Waals surface area contributed by atoms with E-state index >= 15 is 0 Å². The summed E-state index contributed by atoms with van der Waals surface area (Å²) in [6, 6.07) is 9.71. The van der Waals surface area contributed by atoms with Gasteiger partial charge < -0.3 is 4.74 Å². The van der Waals surface area contributed by atoms with Crippen molar-refractivity contribution in [2.75, 3.05) is 6.61 Å². The zero-order valence-corrected chi connectivity index (χ0v) is 22.0. The zero-order chi connectivity index (χ0) is 25.3. The fourth-order valence-electron chi connectivity index (χ4n) is 3.67. The van der Waals surface area contributed by atoms with Crippen molar-refractivity contribution in [1.29, 1.82) is 0 Å². The van der Waals surface area contributed by atoms with Crippen LogP contribution < -0.4 is 4.80 Å². The maximum absolute atomic E-state index is 13.2. The van der Waals surface area contributed by atoms with Gasteiger partial charge in [-0.1, -0.05) is 71.1 Å². The van der Waals surface area contributed by atoms with Crippen LogP contribution in [0.5, 0.6) is 0 Å². The van der Waals surface area contributed by atoms with Crippen molar-refractivity contribution in [1.82, 2.24) is 4.57 Å². The van der Waals surface area contributed by atoms with Gasteiger partial charge in [0.1, 0.15) is 4.88 Å². The summed E-state index contributed by atoms with van der Waals surface area (Å²) in [7, 11) is 0. The second kappa shape index (κ2) is 9.66. The molecule has 3 rings (SSSR count). The first kappa shape index (κ1) is 25.6. The molecule has 6 nitrogen and oxygen atoms in total. The van der Waals surface area contributed by atoms with Gasteiger partial charge in [-0.3, -0.25) is 9.36 Å². The van der Waals surface area contributed by atoms with Crippen LogP contribution in [0.4, 0.5) is 0 Å². The van der Waals surface area contributed by atoms with Gasteiger partial charge in [-0.2, -0.15) is 0 Å². The number of carbonyl (C=O) groups is 2. The van der Waals surface area contributed by atoms with E-state index in [0.29, 0.717) is 33.1 Å². The molecule has 1 aromatic carbocycles. The SMILES string of the molecule is CCOC(=O)c1s/c(=N/N=C2C=C(C(C)(C)C)C(=O)C(C(C)(C)C)=C2)n(-c2ccccc2)c1C. The van der Waals surface area contributed by atoms with Gasteiger partial charge in [-0.25, -0.2) is 4.79 Å². The molecule has 0 fully saturated rings. The summed E-state index contributed by atoms with van der Waals surface area (Å²) in [4.78, 5) is 26.8. The minimum absolute atomic E-state index is 0.0508. The van der Waals surface area contributed by atoms with Crippen molar-refractivity contribution in [3.8, 4) is 5.69 Å². The third kappa shape index (κ3) is 5.36. The number of nitrogens with zero attached hydrogens (tertiary/aromatic N) is 3. The Bertz CT molecular complexity index is 1220. The molecule has 0 N–H and O–H groups in total. The van der Waals surface area contributed by atoms with Crippen molar-refractivity contribution in [2.24, 2.45) is 21.0 Å². The molecule has 0 unspecified atom stereocenters. The maximum Gasteiger partial charge on any atom is 0.350 e. The van der Waals surface area contributed by atoms with Gasteiger partial charge in [-0.15, -0.1) is 10.2 Å². The van der Waals surface area contributed by atoms with Crippen LogP contribution in [-0.4, -0.2) is 28.6 Å². The van der Waals surface area contributed by atoms with Crippen molar-refractivity contribution in [2.45, 2.75) is 55.4 Å². The van der Waals surface area contributed by atoms with Gasteiger partial charge in [0.15, 0.2) is 5.78 Å². The van der Waals surface area contributed by atoms with E-state index in [9.17, 15) is 9.59 Å². The number of ketones is 1. The largest absolute Gasteiger partial charge is 0.462 e. The van der Waals surface area contributed by atoms with Crippen LogP contribution in [0.3, 0.4) is 0 Å². The summed E-state index contributed by atoms with van der Waals surface area (Å²) in [6.07, 6.45) is 3.64. The average molecular weight is 480 g/mol. The highest BCUT2D eigenvalue weighted by Gasteiger charge is 2.34. The van der Waals surface area contributed by atoms with Crippen LogP contribution in [0.25, 0.3) is 5.69 Å². The molecule has 0 bridgehead atoms. The molecule has 34 heavy (non-hydrogen) atoms. The van der Waals surface area contributed by atoms with Crippen molar-refractivity contribution >= 4 is 28.8 Å². The van der Waals surface area contributed by atoms with E-state index < -0.39 is 0 Å². The Kier molecular flexibility index (Phi) is 7.26. The molecule has 7 heteroatoms. The standard InChI is InChI=1S/C27H33N3O3S/c1-9-33-24(32)23-17(2)30(19-13-11-10-12-14-19)25(34-23)29-28-18-15-20(26(3,4)5)22(31)21(16-18)27(6,7)8/h10-16H,9H2,1-8H3/b29-25+. The minimum Gasteiger partial charge on any atom is -0.462 e. The van der Waals surface area contributed by atoms with Crippen LogP contribution in [0.2, 0.25) is 0 Å². The van der Waals surface area contributed by atoms with Crippen LogP contribution >= 0.6 is 11.3 Å². The van der Waals surface area contributed by atoms with E-state index in [1.807, 2.05) is 95.5 Å². The number of hydrogen-bond donors (Lipinski definition) is 0. The van der Waals surface area contributed by atoms with Gasteiger partial charge in [0.25, 0.3) is 0 Å². The summed E-state index contributed by atoms with van der Waals surface area (Å²) in [5.41, 5.74) is 2.98. The van der Waals surface area contributed by atoms with E-state index in [1.165, 1.54) is 11.3 Å². The number of carbonyl (C=O) groups excluding carboxylic acids is 2. The topological polar surface area (TPSA) is 73.0 Å². The molecule has 0 saturated carbocycles. The molecule has 1 aliphatic carbocycles. The lowest BCUT2D eigenvalue weighted by Crippen LogP contribution is -2.29. The summed E-state index contributed by atoms with van der Waals surface area (Å²) in [6.45, 7) is 16.1. The number of hydrogen-bond acceptors (Lipinski definition) is 6. The van der Waals surface area contributed by atoms with Gasteiger partial charge >= 0.3 is 5.97 Å². The summed E-state index contributed by atoms with van der Waals surface area (Å²) >= 11 is 1.24. The van der Waals surface area contributed by atoms with Gasteiger partial charge in [-0.05, 0) is 49.0 Å². The summed E-state index contributed by atoms with van der Waals surface area (Å²) < 4.78 is 7.15. The Morgan fingerprint density at radius 3 is 2.03 bits per heavy atom. The molecule has 1 aromatic heterocycles. The van der Waals surface area contributed by atoms with E-state index in [-0.39, 0.29) is 22.6 Å². The van der Waals surface area contributed by atoms with E-state index in [2.05, 4.69) is 10.2 Å². The Labute approximate surface area is 205 Å². The number of esters is 1. The van der Waals surface area contributed by atoms with Crippen LogP contribution in [-0.2, 0) is 9.53 Å². The molecule has 1 aliphatic rings. The van der Waals surface area contributed by atoms with Crippen molar-refractivity contribution in [3.63, 3.8) is 0 Å². The molecule has 1 heterocycles. The number of allylic oxidation sites excluding steroid dienone is 4. The average Bonchev–Trinajstić information content (AvgIpc) is 3.08. The maximum atomic E-state index is 13.2. The number of para-hydroxylation sites is 1. The van der Waals surface area contributed by atoms with Gasteiger partial charge in [0.05, 0.1) is 12.3 Å². The molecule has 0 aliphatic heterocycles. The zero-order valence-electron chi connectivity index (χ0n) is 21.2. The molecule has 180 valence electrons. The van der Waals surface area contributed by atoms with E-state index in [0.717, 1.165) is 11.4 Å². The molecular formula is C27H33N3O3S. The predicted octanol–water partition coefficient (Wildman–Crippen LogP) is 5.81. The number of benzene rings is 1.